The molecule has 2 atom stereocenters. The van der Waals surface area contributed by atoms with Crippen LogP contribution in [0.3, 0.4) is 0 Å². The van der Waals surface area contributed by atoms with Gasteiger partial charge in [0.15, 0.2) is 0 Å². The molecule has 1 aliphatic carbocycles. The number of aliphatic carboxylic acids is 1. The Hall–Kier alpha value is -2.98. The average Bonchev–Trinajstić information content (AvgIpc) is 2.84. The van der Waals surface area contributed by atoms with Crippen LogP contribution in [0.4, 0.5) is 10.1 Å². The van der Waals surface area contributed by atoms with Crippen LogP contribution in [-0.2, 0) is 26.0 Å². The third-order valence-corrected chi connectivity index (χ3v) is 8.85. The van der Waals surface area contributed by atoms with E-state index in [2.05, 4.69) is 10.0 Å². The van der Waals surface area contributed by atoms with Gasteiger partial charge in [-0.25, -0.2) is 22.3 Å². The third-order valence-electron chi connectivity index (χ3n) is 7.34. The number of benzene rings is 2. The maximum atomic E-state index is 13.1. The Balaban J connectivity index is 1.34. The minimum Gasteiger partial charge on any atom is -0.480 e. The van der Waals surface area contributed by atoms with E-state index in [0.717, 1.165) is 11.1 Å². The number of rotatable bonds is 7. The molecule has 1 heterocycles. The van der Waals surface area contributed by atoms with Gasteiger partial charge in [0.05, 0.1) is 10.9 Å². The number of halogens is 1. The lowest BCUT2D eigenvalue weighted by molar-refractivity contribution is -0.138. The number of hydrogen-bond acceptors (Lipinski definition) is 5. The van der Waals surface area contributed by atoms with E-state index in [4.69, 9.17) is 0 Å². The minimum atomic E-state index is -3.81. The lowest BCUT2D eigenvalue weighted by Gasteiger charge is -2.34. The molecule has 1 aliphatic heterocycles. The molecule has 3 N–H and O–H groups in total. The van der Waals surface area contributed by atoms with Crippen LogP contribution in [0.2, 0.25) is 0 Å². The van der Waals surface area contributed by atoms with Gasteiger partial charge in [-0.2, -0.15) is 0 Å². The second-order valence-corrected chi connectivity index (χ2v) is 11.5. The number of likely N-dealkylation sites (N-methyl/N-ethyl adjacent to an activating group) is 1. The Bertz CT molecular complexity index is 1230. The van der Waals surface area contributed by atoms with Gasteiger partial charge in [-0.3, -0.25) is 4.79 Å². The van der Waals surface area contributed by atoms with Crippen molar-refractivity contribution in [1.82, 2.24) is 10.0 Å². The Morgan fingerprint density at radius 2 is 1.72 bits per heavy atom. The molecule has 10 heteroatoms. The van der Waals surface area contributed by atoms with Crippen LogP contribution in [-0.4, -0.2) is 44.5 Å². The van der Waals surface area contributed by atoms with Crippen molar-refractivity contribution in [3.05, 3.63) is 59.4 Å². The van der Waals surface area contributed by atoms with Gasteiger partial charge in [0.2, 0.25) is 15.9 Å². The van der Waals surface area contributed by atoms with Gasteiger partial charge < -0.3 is 15.3 Å². The summed E-state index contributed by atoms with van der Waals surface area (Å²) >= 11 is 0. The van der Waals surface area contributed by atoms with Crippen molar-refractivity contribution in [2.75, 3.05) is 11.9 Å². The van der Waals surface area contributed by atoms with Crippen molar-refractivity contribution in [2.24, 2.45) is 5.92 Å². The molecule has 2 aromatic carbocycles. The lowest BCUT2D eigenvalue weighted by Crippen LogP contribution is -2.42. The largest absolute Gasteiger partial charge is 0.480 e. The molecule has 1 fully saturated rings. The Labute approximate surface area is 210 Å². The monoisotopic (exact) mass is 517 g/mol. The minimum absolute atomic E-state index is 0.0844. The molecule has 1 unspecified atom stereocenters. The van der Waals surface area contributed by atoms with Crippen LogP contribution in [0.25, 0.3) is 0 Å². The predicted octanol–water partition coefficient (Wildman–Crippen LogP) is 3.38. The van der Waals surface area contributed by atoms with E-state index < -0.39 is 22.0 Å². The van der Waals surface area contributed by atoms with E-state index in [1.165, 1.54) is 12.1 Å². The number of fused-ring (bicyclic) bond motifs is 1. The topological polar surface area (TPSA) is 116 Å². The number of carboxylic acid groups (broad SMARTS) is 1. The van der Waals surface area contributed by atoms with E-state index in [1.807, 2.05) is 6.92 Å². The molecule has 2 aromatic rings. The quantitative estimate of drug-likeness (QED) is 0.519. The maximum absolute atomic E-state index is 13.1. The number of nitrogens with zero attached hydrogens (tertiary/aromatic N) is 1. The lowest BCUT2D eigenvalue weighted by atomic mass is 9.85. The number of carboxylic acids is 1. The van der Waals surface area contributed by atoms with E-state index in [9.17, 15) is 27.5 Å². The summed E-state index contributed by atoms with van der Waals surface area (Å²) in [6, 6.07) is 9.65. The van der Waals surface area contributed by atoms with E-state index in [1.54, 1.807) is 42.3 Å². The fourth-order valence-electron chi connectivity index (χ4n) is 5.12. The highest BCUT2D eigenvalue weighted by Gasteiger charge is 2.32. The highest BCUT2D eigenvalue weighted by atomic mass is 32.2. The molecule has 0 spiro atoms. The number of sulfonamides is 1. The zero-order valence-electron chi connectivity index (χ0n) is 20.4. The van der Waals surface area contributed by atoms with E-state index >= 15 is 0 Å². The summed E-state index contributed by atoms with van der Waals surface area (Å²) in [7, 11) is -2.14. The SMILES string of the molecule is C[C@@H](NC(=O)[C@H]1CC[C@H](NS(=O)(=O)c2ccc3c(c2)N(C)C(C(=O)O)CC3)CC1)c1ccc(F)cc1. The second kappa shape index (κ2) is 10.6. The number of nitrogens with one attached hydrogen (secondary N) is 2. The molecule has 0 aromatic heterocycles. The summed E-state index contributed by atoms with van der Waals surface area (Å²) in [5.41, 5.74) is 2.36. The highest BCUT2D eigenvalue weighted by Crippen LogP contribution is 2.32. The Kier molecular flexibility index (Phi) is 7.65. The summed E-state index contributed by atoms with van der Waals surface area (Å²) in [6.45, 7) is 1.85. The van der Waals surface area contributed by atoms with Crippen molar-refractivity contribution in [3.63, 3.8) is 0 Å². The molecule has 1 amide bonds. The van der Waals surface area contributed by atoms with Crippen LogP contribution in [0, 0.1) is 11.7 Å². The zero-order valence-corrected chi connectivity index (χ0v) is 21.2. The summed E-state index contributed by atoms with van der Waals surface area (Å²) in [4.78, 5) is 26.0. The highest BCUT2D eigenvalue weighted by molar-refractivity contribution is 7.89. The van der Waals surface area contributed by atoms with Gasteiger partial charge >= 0.3 is 5.97 Å². The summed E-state index contributed by atoms with van der Waals surface area (Å²) in [5, 5.41) is 12.4. The average molecular weight is 518 g/mol. The molecular formula is C26H32FN3O5S. The van der Waals surface area contributed by atoms with Crippen molar-refractivity contribution in [1.29, 1.82) is 0 Å². The van der Waals surface area contributed by atoms with E-state index in [-0.39, 0.29) is 34.6 Å². The van der Waals surface area contributed by atoms with Gasteiger partial charge in [0.25, 0.3) is 0 Å². The van der Waals surface area contributed by atoms with Crippen LogP contribution in [0.15, 0.2) is 47.4 Å². The van der Waals surface area contributed by atoms with Crippen molar-refractivity contribution >= 4 is 27.6 Å². The fourth-order valence-corrected chi connectivity index (χ4v) is 6.44. The second-order valence-electron chi connectivity index (χ2n) is 9.75. The molecule has 2 aliphatic rings. The fraction of sp³-hybridized carbons (Fsp3) is 0.462. The van der Waals surface area contributed by atoms with Gasteiger partial charge in [-0.15, -0.1) is 0 Å². The normalized spacial score (nSPS) is 23.0. The van der Waals surface area contributed by atoms with Gasteiger partial charge in [0, 0.05) is 24.7 Å². The smallest absolute Gasteiger partial charge is 0.326 e. The molecule has 194 valence electrons. The summed E-state index contributed by atoms with van der Waals surface area (Å²) < 4.78 is 42.1. The molecule has 8 nitrogen and oxygen atoms in total. The molecule has 4 rings (SSSR count). The van der Waals surface area contributed by atoms with Crippen LogP contribution in [0.1, 0.15) is 56.2 Å². The number of anilines is 1. The molecule has 0 bridgehead atoms. The first-order valence-electron chi connectivity index (χ1n) is 12.2. The summed E-state index contributed by atoms with van der Waals surface area (Å²) in [6.07, 6.45) is 3.24. The first kappa shape index (κ1) is 26.1. The van der Waals surface area contributed by atoms with Crippen LogP contribution in [0.5, 0.6) is 0 Å². The van der Waals surface area contributed by atoms with Crippen molar-refractivity contribution < 1.29 is 27.5 Å². The molecule has 36 heavy (non-hydrogen) atoms. The van der Waals surface area contributed by atoms with Crippen LogP contribution < -0.4 is 14.9 Å². The first-order chi connectivity index (χ1) is 17.0. The predicted molar refractivity (Wildman–Crippen MR) is 134 cm³/mol. The van der Waals surface area contributed by atoms with Crippen LogP contribution >= 0.6 is 0 Å². The molecule has 0 radical (unpaired) electrons. The summed E-state index contributed by atoms with van der Waals surface area (Å²) in [5.74, 6) is -1.55. The maximum Gasteiger partial charge on any atom is 0.326 e. The van der Waals surface area contributed by atoms with Gasteiger partial charge in [-0.05, 0) is 80.8 Å². The number of carbonyl (C=O) groups is 2. The Morgan fingerprint density at radius 1 is 1.06 bits per heavy atom. The number of amides is 1. The number of carbonyl (C=O) groups excluding carboxylic acids is 1. The number of aryl methyl sites for hydroxylation is 1. The zero-order chi connectivity index (χ0) is 26.0. The van der Waals surface area contributed by atoms with Crippen molar-refractivity contribution in [2.45, 2.75) is 68.5 Å². The van der Waals surface area contributed by atoms with Gasteiger partial charge in [-0.1, -0.05) is 18.2 Å². The third kappa shape index (κ3) is 5.70. The Morgan fingerprint density at radius 3 is 2.36 bits per heavy atom. The molecule has 1 saturated carbocycles. The first-order valence-corrected chi connectivity index (χ1v) is 13.7. The van der Waals surface area contributed by atoms with Crippen molar-refractivity contribution in [3.8, 4) is 0 Å². The van der Waals surface area contributed by atoms with E-state index in [0.29, 0.717) is 44.2 Å². The molecular weight excluding hydrogens is 485 g/mol. The number of hydrogen-bond donors (Lipinski definition) is 3. The van der Waals surface area contributed by atoms with Gasteiger partial charge in [0.1, 0.15) is 11.9 Å². The standard InChI is InChI=1S/C26H32FN3O5S/c1-16(17-3-9-20(27)10-4-17)28-25(31)19-5-11-21(12-6-19)29-36(34,35)22-13-7-18-8-14-23(26(32)33)30(2)24(18)15-22/h3-4,7,9-10,13,15-16,19,21,23,29H,5-6,8,11-12,14H2,1-2H3,(H,28,31)(H,32,33)/t16-,19-,21-,23?/m1/s1. The molecule has 0 saturated heterocycles.